The second-order valence-corrected chi connectivity index (χ2v) is 5.40. The minimum Gasteiger partial charge on any atom is -0.478 e. The predicted octanol–water partition coefficient (Wildman–Crippen LogP) is 3.89. The first-order valence-corrected chi connectivity index (χ1v) is 6.84. The molecule has 1 aliphatic carbocycles. The van der Waals surface area contributed by atoms with Crippen LogP contribution in [0.3, 0.4) is 0 Å². The number of aromatic carboxylic acids is 1. The van der Waals surface area contributed by atoms with Crippen LogP contribution in [0.5, 0.6) is 0 Å². The van der Waals surface area contributed by atoms with E-state index in [0.717, 1.165) is 18.9 Å². The van der Waals surface area contributed by atoms with Gasteiger partial charge < -0.3 is 10.4 Å². The van der Waals surface area contributed by atoms with Crippen LogP contribution in [0.25, 0.3) is 0 Å². The number of carboxylic acids is 1. The van der Waals surface area contributed by atoms with Crippen LogP contribution in [-0.4, -0.2) is 17.6 Å². The Labute approximate surface area is 114 Å². The van der Waals surface area contributed by atoms with Crippen LogP contribution in [0.1, 0.15) is 36.0 Å². The Morgan fingerprint density at radius 3 is 2.78 bits per heavy atom. The van der Waals surface area contributed by atoms with Crippen LogP contribution in [-0.2, 0) is 0 Å². The van der Waals surface area contributed by atoms with Gasteiger partial charge in [-0.25, -0.2) is 9.18 Å². The lowest BCUT2D eigenvalue weighted by atomic mass is 9.83. The average Bonchev–Trinajstić information content (AvgIpc) is 2.27. The van der Waals surface area contributed by atoms with Crippen LogP contribution in [0.15, 0.2) is 16.6 Å². The molecule has 0 unspecified atom stereocenters. The van der Waals surface area contributed by atoms with Gasteiger partial charge in [0.15, 0.2) is 5.82 Å². The van der Waals surface area contributed by atoms with Crippen LogP contribution in [0.4, 0.5) is 10.1 Å². The highest BCUT2D eigenvalue weighted by atomic mass is 79.9. The summed E-state index contributed by atoms with van der Waals surface area (Å²) < 4.78 is 13.9. The van der Waals surface area contributed by atoms with E-state index in [2.05, 4.69) is 21.2 Å². The number of nitrogens with one attached hydrogen (secondary N) is 1. The molecule has 0 atom stereocenters. The first-order valence-electron chi connectivity index (χ1n) is 6.04. The second-order valence-electron chi connectivity index (χ2n) is 4.61. The highest BCUT2D eigenvalue weighted by Gasteiger charge is 2.18. The van der Waals surface area contributed by atoms with E-state index in [1.54, 1.807) is 0 Å². The highest BCUT2D eigenvalue weighted by molar-refractivity contribution is 9.10. The number of carboxylic acid groups (broad SMARTS) is 1. The summed E-state index contributed by atoms with van der Waals surface area (Å²) in [5, 5.41) is 11.9. The average molecular weight is 316 g/mol. The van der Waals surface area contributed by atoms with Crippen molar-refractivity contribution in [2.75, 3.05) is 11.9 Å². The van der Waals surface area contributed by atoms with E-state index < -0.39 is 11.8 Å². The predicted molar refractivity (Wildman–Crippen MR) is 71.5 cm³/mol. The number of carbonyl (C=O) groups is 1. The van der Waals surface area contributed by atoms with Gasteiger partial charge in [0.05, 0.1) is 15.7 Å². The van der Waals surface area contributed by atoms with Gasteiger partial charge in [0.1, 0.15) is 0 Å². The number of halogens is 2. The van der Waals surface area contributed by atoms with E-state index in [4.69, 9.17) is 5.11 Å². The Hall–Kier alpha value is -1.10. The smallest absolute Gasteiger partial charge is 0.336 e. The normalized spacial score (nSPS) is 15.2. The van der Waals surface area contributed by atoms with Crippen molar-refractivity contribution in [1.82, 2.24) is 0 Å². The van der Waals surface area contributed by atoms with Crippen molar-refractivity contribution in [3.8, 4) is 0 Å². The van der Waals surface area contributed by atoms with Gasteiger partial charge in [-0.2, -0.15) is 0 Å². The molecule has 0 spiro atoms. The zero-order valence-electron chi connectivity index (χ0n) is 9.88. The van der Waals surface area contributed by atoms with E-state index in [1.165, 1.54) is 31.4 Å². The monoisotopic (exact) mass is 315 g/mol. The molecule has 5 heteroatoms. The lowest BCUT2D eigenvalue weighted by Crippen LogP contribution is -2.16. The summed E-state index contributed by atoms with van der Waals surface area (Å²) in [6.07, 6.45) is 4.88. The van der Waals surface area contributed by atoms with Gasteiger partial charge in [-0.05, 0) is 40.4 Å². The van der Waals surface area contributed by atoms with Crippen molar-refractivity contribution >= 4 is 27.6 Å². The fourth-order valence-corrected chi connectivity index (χ4v) is 2.56. The number of benzene rings is 1. The fraction of sp³-hybridized carbons (Fsp3) is 0.462. The molecule has 0 bridgehead atoms. The molecule has 1 saturated carbocycles. The van der Waals surface area contributed by atoms with Crippen molar-refractivity contribution in [2.45, 2.75) is 25.7 Å². The Balaban J connectivity index is 1.99. The van der Waals surface area contributed by atoms with E-state index >= 15 is 0 Å². The Morgan fingerprint density at radius 2 is 2.22 bits per heavy atom. The van der Waals surface area contributed by atoms with Crippen LogP contribution >= 0.6 is 15.9 Å². The van der Waals surface area contributed by atoms with Gasteiger partial charge in [-0.3, -0.25) is 0 Å². The molecule has 0 aliphatic heterocycles. The largest absolute Gasteiger partial charge is 0.478 e. The van der Waals surface area contributed by atoms with Gasteiger partial charge in [0.2, 0.25) is 0 Å². The minimum absolute atomic E-state index is 0.00337. The summed E-state index contributed by atoms with van der Waals surface area (Å²) in [7, 11) is 0. The maximum atomic E-state index is 13.9. The number of hydrogen-bond acceptors (Lipinski definition) is 2. The van der Waals surface area contributed by atoms with Gasteiger partial charge in [-0.1, -0.05) is 19.3 Å². The maximum Gasteiger partial charge on any atom is 0.336 e. The molecule has 1 fully saturated rings. The van der Waals surface area contributed by atoms with Gasteiger partial charge >= 0.3 is 5.97 Å². The zero-order valence-corrected chi connectivity index (χ0v) is 11.5. The molecule has 0 saturated heterocycles. The zero-order chi connectivity index (χ0) is 13.1. The Morgan fingerprint density at radius 1 is 1.50 bits per heavy atom. The molecule has 0 amide bonds. The van der Waals surface area contributed by atoms with Crippen LogP contribution in [0.2, 0.25) is 0 Å². The summed E-state index contributed by atoms with van der Waals surface area (Å²) >= 11 is 2.98. The Kier molecular flexibility index (Phi) is 4.22. The minimum atomic E-state index is -1.14. The van der Waals surface area contributed by atoms with E-state index in [1.807, 2.05) is 0 Å². The highest BCUT2D eigenvalue weighted by Crippen LogP contribution is 2.30. The number of hydrogen-bond donors (Lipinski definition) is 2. The lowest BCUT2D eigenvalue weighted by Gasteiger charge is -2.25. The molecule has 0 aromatic heterocycles. The fourth-order valence-electron chi connectivity index (χ4n) is 2.04. The van der Waals surface area contributed by atoms with Crippen molar-refractivity contribution < 1.29 is 14.3 Å². The molecule has 2 N–H and O–H groups in total. The molecular formula is C13H15BrFNO2. The third kappa shape index (κ3) is 2.83. The topological polar surface area (TPSA) is 49.3 Å². The Bertz CT molecular complexity index is 461. The van der Waals surface area contributed by atoms with Gasteiger partial charge in [0.25, 0.3) is 0 Å². The first-order chi connectivity index (χ1) is 8.59. The molecule has 98 valence electrons. The van der Waals surface area contributed by atoms with Crippen LogP contribution in [0, 0.1) is 11.7 Å². The van der Waals surface area contributed by atoms with Crippen LogP contribution < -0.4 is 5.32 Å². The standard InChI is InChI=1S/C13H15BrFNO2/c14-11-9(13(17)18)4-5-10(12(11)15)16-7-6-8-2-1-3-8/h4-5,8,16H,1-3,6-7H2,(H,17,18). The quantitative estimate of drug-likeness (QED) is 0.866. The van der Waals surface area contributed by atoms with Crippen molar-refractivity contribution in [3.05, 3.63) is 28.0 Å². The molecule has 18 heavy (non-hydrogen) atoms. The summed E-state index contributed by atoms with van der Waals surface area (Å²) in [5.41, 5.74) is 0.295. The van der Waals surface area contributed by atoms with Gasteiger partial charge in [0, 0.05) is 6.54 Å². The molecule has 3 nitrogen and oxygen atoms in total. The molecule has 1 aromatic carbocycles. The van der Waals surface area contributed by atoms with Crippen molar-refractivity contribution in [2.24, 2.45) is 5.92 Å². The molecule has 0 heterocycles. The summed E-state index contributed by atoms with van der Waals surface area (Å²) in [6, 6.07) is 2.88. The first kappa shape index (κ1) is 13.3. The summed E-state index contributed by atoms with van der Waals surface area (Å²) in [6.45, 7) is 0.723. The summed E-state index contributed by atoms with van der Waals surface area (Å²) in [5.74, 6) is -0.910. The molecular weight excluding hydrogens is 301 g/mol. The molecule has 0 radical (unpaired) electrons. The number of rotatable bonds is 5. The number of anilines is 1. The van der Waals surface area contributed by atoms with E-state index in [0.29, 0.717) is 5.69 Å². The molecule has 1 aliphatic rings. The maximum absolute atomic E-state index is 13.9. The third-order valence-corrected chi connectivity index (χ3v) is 4.18. The second kappa shape index (κ2) is 5.69. The van der Waals surface area contributed by atoms with Gasteiger partial charge in [-0.15, -0.1) is 0 Å². The molecule has 2 rings (SSSR count). The SMILES string of the molecule is O=C(O)c1ccc(NCCC2CCC2)c(F)c1Br. The third-order valence-electron chi connectivity index (χ3n) is 3.41. The van der Waals surface area contributed by atoms with Crippen molar-refractivity contribution in [3.63, 3.8) is 0 Å². The van der Waals surface area contributed by atoms with Crippen molar-refractivity contribution in [1.29, 1.82) is 0 Å². The molecule has 1 aromatic rings. The lowest BCUT2D eigenvalue weighted by molar-refractivity contribution is 0.0695. The summed E-state index contributed by atoms with van der Waals surface area (Å²) in [4.78, 5) is 10.8. The van der Waals surface area contributed by atoms with E-state index in [-0.39, 0.29) is 10.0 Å². The van der Waals surface area contributed by atoms with E-state index in [9.17, 15) is 9.18 Å².